The molecule has 0 unspecified atom stereocenters. The van der Waals surface area contributed by atoms with Crippen molar-refractivity contribution in [2.45, 2.75) is 13.8 Å². The minimum absolute atomic E-state index is 0.522. The predicted molar refractivity (Wildman–Crippen MR) is 68.5 cm³/mol. The molecule has 0 spiro atoms. The smallest absolute Gasteiger partial charge is 0.131 e. The maximum Gasteiger partial charge on any atom is 0.131 e. The van der Waals surface area contributed by atoms with E-state index in [1.807, 2.05) is 26.0 Å². The van der Waals surface area contributed by atoms with Gasteiger partial charge in [-0.1, -0.05) is 17.7 Å². The van der Waals surface area contributed by atoms with E-state index in [2.05, 4.69) is 9.97 Å². The summed E-state index contributed by atoms with van der Waals surface area (Å²) in [6, 6.07) is 4.00. The van der Waals surface area contributed by atoms with Crippen molar-refractivity contribution in [3.8, 4) is 17.0 Å². The van der Waals surface area contributed by atoms with Gasteiger partial charge in [-0.2, -0.15) is 0 Å². The summed E-state index contributed by atoms with van der Waals surface area (Å²) < 4.78 is 5.45. The molecule has 0 aliphatic carbocycles. The highest BCUT2D eigenvalue weighted by atomic mass is 35.5. The second-order valence-electron chi connectivity index (χ2n) is 3.81. The molecule has 0 atom stereocenters. The maximum absolute atomic E-state index is 6.10. The van der Waals surface area contributed by atoms with Crippen LogP contribution in [0, 0.1) is 13.8 Å². The van der Waals surface area contributed by atoms with Crippen LogP contribution in [0.1, 0.15) is 11.1 Å². The van der Waals surface area contributed by atoms with E-state index in [1.54, 1.807) is 13.3 Å². The van der Waals surface area contributed by atoms with Gasteiger partial charge in [-0.25, -0.2) is 9.97 Å². The Balaban J connectivity index is 2.68. The average Bonchev–Trinajstić information content (AvgIpc) is 2.33. The van der Waals surface area contributed by atoms with Crippen LogP contribution in [-0.2, 0) is 0 Å². The number of hydrogen-bond donors (Lipinski definition) is 0. The zero-order valence-corrected chi connectivity index (χ0v) is 10.7. The number of hydrogen-bond acceptors (Lipinski definition) is 3. The molecular formula is C13H13ClN2O. The van der Waals surface area contributed by atoms with Gasteiger partial charge in [0.2, 0.25) is 0 Å². The first-order valence-electron chi connectivity index (χ1n) is 5.25. The number of aromatic nitrogens is 2. The van der Waals surface area contributed by atoms with Crippen molar-refractivity contribution in [3.63, 3.8) is 0 Å². The van der Waals surface area contributed by atoms with E-state index in [1.165, 1.54) is 11.9 Å². The normalized spacial score (nSPS) is 10.4. The van der Waals surface area contributed by atoms with Crippen molar-refractivity contribution in [1.29, 1.82) is 0 Å². The summed E-state index contributed by atoms with van der Waals surface area (Å²) in [6.07, 6.45) is 3.06. The lowest BCUT2D eigenvalue weighted by atomic mass is 10.0. The topological polar surface area (TPSA) is 35.0 Å². The molecule has 1 aromatic carbocycles. The molecule has 0 bridgehead atoms. The van der Waals surface area contributed by atoms with Gasteiger partial charge in [0.05, 0.1) is 17.8 Å². The third kappa shape index (κ3) is 2.11. The van der Waals surface area contributed by atoms with Crippen LogP contribution in [0.15, 0.2) is 24.7 Å². The molecule has 0 amide bonds. The zero-order valence-electron chi connectivity index (χ0n) is 9.99. The lowest BCUT2D eigenvalue weighted by molar-refractivity contribution is 0.413. The Labute approximate surface area is 105 Å². The number of nitrogens with zero attached hydrogens (tertiary/aromatic N) is 2. The fourth-order valence-electron chi connectivity index (χ4n) is 1.75. The largest absolute Gasteiger partial charge is 0.496 e. The number of aryl methyl sites for hydroxylation is 1. The van der Waals surface area contributed by atoms with Crippen molar-refractivity contribution in [1.82, 2.24) is 9.97 Å². The molecule has 1 aromatic heterocycles. The third-order valence-corrected chi connectivity index (χ3v) is 3.08. The van der Waals surface area contributed by atoms with Crippen LogP contribution in [0.3, 0.4) is 0 Å². The number of halogens is 1. The molecule has 2 aromatic rings. The molecule has 88 valence electrons. The minimum atomic E-state index is 0.522. The van der Waals surface area contributed by atoms with Crippen molar-refractivity contribution >= 4 is 11.6 Å². The minimum Gasteiger partial charge on any atom is -0.496 e. The number of ether oxygens (including phenoxy) is 1. The summed E-state index contributed by atoms with van der Waals surface area (Å²) in [6.45, 7) is 4.07. The van der Waals surface area contributed by atoms with E-state index in [9.17, 15) is 0 Å². The fourth-order valence-corrected chi connectivity index (χ4v) is 1.96. The van der Waals surface area contributed by atoms with Crippen LogP contribution in [0.5, 0.6) is 5.75 Å². The van der Waals surface area contributed by atoms with Gasteiger partial charge in [0, 0.05) is 11.8 Å². The van der Waals surface area contributed by atoms with Gasteiger partial charge < -0.3 is 4.74 Å². The second-order valence-corrected chi connectivity index (χ2v) is 4.21. The highest BCUT2D eigenvalue weighted by molar-refractivity contribution is 6.32. The van der Waals surface area contributed by atoms with Gasteiger partial charge in [0.1, 0.15) is 12.1 Å². The monoisotopic (exact) mass is 248 g/mol. The van der Waals surface area contributed by atoms with Crippen molar-refractivity contribution in [2.24, 2.45) is 0 Å². The second kappa shape index (κ2) is 4.72. The quantitative estimate of drug-likeness (QED) is 0.817. The molecule has 0 aliphatic heterocycles. The van der Waals surface area contributed by atoms with Gasteiger partial charge >= 0.3 is 0 Å². The lowest BCUT2D eigenvalue weighted by Crippen LogP contribution is -1.96. The van der Waals surface area contributed by atoms with E-state index in [4.69, 9.17) is 16.3 Å². The van der Waals surface area contributed by atoms with Crippen LogP contribution in [0.25, 0.3) is 11.3 Å². The van der Waals surface area contributed by atoms with Crippen LogP contribution in [-0.4, -0.2) is 17.1 Å². The molecular weight excluding hydrogens is 236 g/mol. The van der Waals surface area contributed by atoms with Crippen LogP contribution < -0.4 is 4.74 Å². The van der Waals surface area contributed by atoms with Crippen LogP contribution >= 0.6 is 11.6 Å². The molecule has 0 radical (unpaired) electrons. The van der Waals surface area contributed by atoms with Gasteiger partial charge in [0.25, 0.3) is 0 Å². The molecule has 17 heavy (non-hydrogen) atoms. The maximum atomic E-state index is 6.10. The Kier molecular flexibility index (Phi) is 3.29. The molecule has 0 aliphatic rings. The molecule has 4 heteroatoms. The summed E-state index contributed by atoms with van der Waals surface area (Å²) in [7, 11) is 1.65. The van der Waals surface area contributed by atoms with E-state index >= 15 is 0 Å². The number of methoxy groups -OCH3 is 1. The summed E-state index contributed by atoms with van der Waals surface area (Å²) in [5.74, 6) is 0.811. The van der Waals surface area contributed by atoms with Gasteiger partial charge in [-0.05, 0) is 31.0 Å². The highest BCUT2D eigenvalue weighted by Gasteiger charge is 2.13. The molecule has 0 fully saturated rings. The molecule has 0 saturated carbocycles. The standard InChI is InChI=1S/C13H13ClN2O/c1-8-4-5-10(13(17-3)9(8)2)12-11(14)6-15-7-16-12/h4-7H,1-3H3. The first-order chi connectivity index (χ1) is 8.15. The van der Waals surface area contributed by atoms with Crippen molar-refractivity contribution in [2.75, 3.05) is 7.11 Å². The molecule has 3 nitrogen and oxygen atoms in total. The summed E-state index contributed by atoms with van der Waals surface area (Å²) in [5, 5.41) is 0.522. The summed E-state index contributed by atoms with van der Waals surface area (Å²) >= 11 is 6.10. The molecule has 1 heterocycles. The average molecular weight is 249 g/mol. The predicted octanol–water partition coefficient (Wildman–Crippen LogP) is 3.42. The molecule has 0 saturated heterocycles. The first-order valence-corrected chi connectivity index (χ1v) is 5.63. The van der Waals surface area contributed by atoms with Gasteiger partial charge in [-0.3, -0.25) is 0 Å². The molecule has 2 rings (SSSR count). The highest BCUT2D eigenvalue weighted by Crippen LogP contribution is 2.36. The Morgan fingerprint density at radius 1 is 1.24 bits per heavy atom. The molecule has 0 N–H and O–H groups in total. The van der Waals surface area contributed by atoms with E-state index in [0.29, 0.717) is 10.7 Å². The fraction of sp³-hybridized carbons (Fsp3) is 0.231. The van der Waals surface area contributed by atoms with Crippen molar-refractivity contribution < 1.29 is 4.74 Å². The Morgan fingerprint density at radius 2 is 2.00 bits per heavy atom. The number of benzene rings is 1. The Morgan fingerprint density at radius 3 is 2.65 bits per heavy atom. The van der Waals surface area contributed by atoms with Gasteiger partial charge in [-0.15, -0.1) is 0 Å². The SMILES string of the molecule is COc1c(-c2ncncc2Cl)ccc(C)c1C. The van der Waals surface area contributed by atoms with Crippen LogP contribution in [0.2, 0.25) is 5.02 Å². The Bertz CT molecular complexity index is 555. The third-order valence-electron chi connectivity index (χ3n) is 2.80. The Hall–Kier alpha value is -1.61. The lowest BCUT2D eigenvalue weighted by Gasteiger charge is -2.13. The van der Waals surface area contributed by atoms with E-state index < -0.39 is 0 Å². The van der Waals surface area contributed by atoms with E-state index in [-0.39, 0.29) is 0 Å². The first kappa shape index (κ1) is 11.9. The summed E-state index contributed by atoms with van der Waals surface area (Å²) in [4.78, 5) is 8.09. The van der Waals surface area contributed by atoms with Gasteiger partial charge in [0.15, 0.2) is 0 Å². The number of rotatable bonds is 2. The van der Waals surface area contributed by atoms with E-state index in [0.717, 1.165) is 16.9 Å². The van der Waals surface area contributed by atoms with Crippen molar-refractivity contribution in [3.05, 3.63) is 40.8 Å². The zero-order chi connectivity index (χ0) is 12.4. The summed E-state index contributed by atoms with van der Waals surface area (Å²) in [5.41, 5.74) is 3.86. The van der Waals surface area contributed by atoms with Crippen LogP contribution in [0.4, 0.5) is 0 Å².